The predicted molar refractivity (Wildman–Crippen MR) is 91.6 cm³/mol. The maximum absolute atomic E-state index is 11.9. The van der Waals surface area contributed by atoms with Crippen LogP contribution in [0.4, 0.5) is 0 Å². The van der Waals surface area contributed by atoms with E-state index in [2.05, 4.69) is 18.5 Å². The molecule has 0 spiro atoms. The van der Waals surface area contributed by atoms with Gasteiger partial charge in [-0.15, -0.1) is 13.2 Å². The zero-order chi connectivity index (χ0) is 16.2. The maximum atomic E-state index is 11.9. The van der Waals surface area contributed by atoms with E-state index < -0.39 is 0 Å². The number of rotatable bonds is 11. The highest BCUT2D eigenvalue weighted by molar-refractivity contribution is 5.72. The van der Waals surface area contributed by atoms with E-state index in [-0.39, 0.29) is 17.9 Å². The number of carbonyl (C=O) groups is 1. The van der Waals surface area contributed by atoms with Crippen LogP contribution in [-0.2, 0) is 9.53 Å². The SMILES string of the molecule is C=CCCCN[C@@H](COC(=O)C(C)CC=C)c1ccccc1. The Hall–Kier alpha value is -1.87. The minimum Gasteiger partial charge on any atom is -0.463 e. The van der Waals surface area contributed by atoms with Crippen LogP contribution < -0.4 is 5.32 Å². The van der Waals surface area contributed by atoms with E-state index >= 15 is 0 Å². The molecule has 0 amide bonds. The summed E-state index contributed by atoms with van der Waals surface area (Å²) < 4.78 is 5.46. The smallest absolute Gasteiger partial charge is 0.309 e. The molecule has 1 unspecified atom stereocenters. The summed E-state index contributed by atoms with van der Waals surface area (Å²) in [5.41, 5.74) is 1.13. The highest BCUT2D eigenvalue weighted by Gasteiger charge is 2.17. The maximum Gasteiger partial charge on any atom is 0.309 e. The van der Waals surface area contributed by atoms with Crippen molar-refractivity contribution in [2.75, 3.05) is 13.2 Å². The molecule has 0 bridgehead atoms. The molecule has 0 saturated heterocycles. The number of unbranched alkanes of at least 4 members (excludes halogenated alkanes) is 1. The molecule has 0 radical (unpaired) electrons. The Kier molecular flexibility index (Phi) is 8.92. The molecule has 0 aliphatic carbocycles. The Morgan fingerprint density at radius 2 is 2.00 bits per heavy atom. The van der Waals surface area contributed by atoms with Crippen LogP contribution in [0, 0.1) is 5.92 Å². The fourth-order valence-electron chi connectivity index (χ4n) is 2.13. The summed E-state index contributed by atoms with van der Waals surface area (Å²) >= 11 is 0. The second-order valence-corrected chi connectivity index (χ2v) is 5.40. The van der Waals surface area contributed by atoms with E-state index in [9.17, 15) is 4.79 Å². The second kappa shape index (κ2) is 10.8. The first-order valence-corrected chi connectivity index (χ1v) is 7.85. The van der Waals surface area contributed by atoms with Gasteiger partial charge in [-0.05, 0) is 31.4 Å². The van der Waals surface area contributed by atoms with Gasteiger partial charge in [-0.3, -0.25) is 4.79 Å². The first-order valence-electron chi connectivity index (χ1n) is 7.85. The summed E-state index contributed by atoms with van der Waals surface area (Å²) in [6.07, 6.45) is 6.30. The fraction of sp³-hybridized carbons (Fsp3) is 0.421. The number of allylic oxidation sites excluding steroid dienone is 2. The van der Waals surface area contributed by atoms with E-state index in [1.165, 1.54) is 0 Å². The standard InChI is InChI=1S/C19H27NO2/c1-4-6-10-14-20-18(17-12-8-7-9-13-17)15-22-19(21)16(3)11-5-2/h4-5,7-9,12-13,16,18,20H,1-2,6,10-11,14-15H2,3H3/t16?,18-/m0/s1. The summed E-state index contributed by atoms with van der Waals surface area (Å²) in [5.74, 6) is -0.316. The first-order chi connectivity index (χ1) is 10.7. The number of hydrogen-bond donors (Lipinski definition) is 1. The van der Waals surface area contributed by atoms with Gasteiger partial charge in [0.25, 0.3) is 0 Å². The van der Waals surface area contributed by atoms with Crippen LogP contribution in [0.3, 0.4) is 0 Å². The summed E-state index contributed by atoms with van der Waals surface area (Å²) in [5, 5.41) is 3.45. The molecule has 0 heterocycles. The van der Waals surface area contributed by atoms with Crippen LogP contribution in [0.5, 0.6) is 0 Å². The van der Waals surface area contributed by atoms with Gasteiger partial charge in [0, 0.05) is 0 Å². The molecule has 0 aliphatic rings. The molecule has 1 N–H and O–H groups in total. The van der Waals surface area contributed by atoms with Crippen molar-refractivity contribution in [3.63, 3.8) is 0 Å². The van der Waals surface area contributed by atoms with E-state index in [0.717, 1.165) is 24.9 Å². The van der Waals surface area contributed by atoms with Gasteiger partial charge in [0.1, 0.15) is 6.61 Å². The Morgan fingerprint density at radius 1 is 1.27 bits per heavy atom. The van der Waals surface area contributed by atoms with Crippen LogP contribution in [0.1, 0.15) is 37.8 Å². The molecule has 0 saturated carbocycles. The third-order valence-corrected chi connectivity index (χ3v) is 3.49. The monoisotopic (exact) mass is 301 g/mol. The zero-order valence-electron chi connectivity index (χ0n) is 13.5. The molecule has 0 fully saturated rings. The first kappa shape index (κ1) is 18.2. The average Bonchev–Trinajstić information content (AvgIpc) is 2.55. The number of nitrogens with one attached hydrogen (secondary N) is 1. The van der Waals surface area contributed by atoms with E-state index in [0.29, 0.717) is 13.0 Å². The molecular weight excluding hydrogens is 274 g/mol. The molecule has 120 valence electrons. The van der Waals surface area contributed by atoms with Crippen molar-refractivity contribution in [2.24, 2.45) is 5.92 Å². The lowest BCUT2D eigenvalue weighted by Crippen LogP contribution is -2.28. The number of benzene rings is 1. The van der Waals surface area contributed by atoms with Gasteiger partial charge in [0.2, 0.25) is 0 Å². The van der Waals surface area contributed by atoms with Crippen molar-refractivity contribution in [3.8, 4) is 0 Å². The average molecular weight is 301 g/mol. The quantitative estimate of drug-likeness (QED) is 0.381. The summed E-state index contributed by atoms with van der Waals surface area (Å²) in [4.78, 5) is 11.9. The van der Waals surface area contributed by atoms with E-state index in [4.69, 9.17) is 4.74 Å². The minimum atomic E-state index is -0.172. The molecule has 22 heavy (non-hydrogen) atoms. The molecule has 1 rings (SSSR count). The fourth-order valence-corrected chi connectivity index (χ4v) is 2.13. The van der Waals surface area contributed by atoms with E-state index in [1.807, 2.05) is 43.3 Å². The molecule has 0 aromatic heterocycles. The van der Waals surface area contributed by atoms with Crippen LogP contribution in [0.25, 0.3) is 0 Å². The molecular formula is C19H27NO2. The Bertz CT molecular complexity index is 456. The van der Waals surface area contributed by atoms with Crippen molar-refractivity contribution >= 4 is 5.97 Å². The number of esters is 1. The van der Waals surface area contributed by atoms with Gasteiger partial charge in [-0.25, -0.2) is 0 Å². The van der Waals surface area contributed by atoms with Gasteiger partial charge in [-0.2, -0.15) is 0 Å². The minimum absolute atomic E-state index is 0.0193. The summed E-state index contributed by atoms with van der Waals surface area (Å²) in [7, 11) is 0. The number of carbonyl (C=O) groups excluding carboxylic acids is 1. The Balaban J connectivity index is 2.56. The summed E-state index contributed by atoms with van der Waals surface area (Å²) in [6, 6.07) is 10.1. The second-order valence-electron chi connectivity index (χ2n) is 5.40. The van der Waals surface area contributed by atoms with Crippen molar-refractivity contribution < 1.29 is 9.53 Å². The topological polar surface area (TPSA) is 38.3 Å². The van der Waals surface area contributed by atoms with Crippen LogP contribution >= 0.6 is 0 Å². The Labute approximate surface area is 134 Å². The normalized spacial score (nSPS) is 13.1. The lowest BCUT2D eigenvalue weighted by molar-refractivity contribution is -0.148. The van der Waals surface area contributed by atoms with Crippen molar-refractivity contribution in [1.82, 2.24) is 5.32 Å². The summed E-state index contributed by atoms with van der Waals surface area (Å²) in [6.45, 7) is 10.5. The van der Waals surface area contributed by atoms with Crippen LogP contribution in [0.2, 0.25) is 0 Å². The lowest BCUT2D eigenvalue weighted by atomic mass is 10.1. The van der Waals surface area contributed by atoms with E-state index in [1.54, 1.807) is 6.08 Å². The number of hydrogen-bond acceptors (Lipinski definition) is 3. The lowest BCUT2D eigenvalue weighted by Gasteiger charge is -2.20. The van der Waals surface area contributed by atoms with Gasteiger partial charge in [0.05, 0.1) is 12.0 Å². The van der Waals surface area contributed by atoms with Crippen LogP contribution in [0.15, 0.2) is 55.6 Å². The number of ether oxygens (including phenoxy) is 1. The predicted octanol–water partition coefficient (Wildman–Crippen LogP) is 4.04. The molecule has 2 atom stereocenters. The van der Waals surface area contributed by atoms with Crippen molar-refractivity contribution in [3.05, 3.63) is 61.2 Å². The van der Waals surface area contributed by atoms with Gasteiger partial charge in [0.15, 0.2) is 0 Å². The van der Waals surface area contributed by atoms with Crippen molar-refractivity contribution in [1.29, 1.82) is 0 Å². The zero-order valence-corrected chi connectivity index (χ0v) is 13.5. The highest BCUT2D eigenvalue weighted by Crippen LogP contribution is 2.15. The molecule has 0 aliphatic heterocycles. The largest absolute Gasteiger partial charge is 0.463 e. The van der Waals surface area contributed by atoms with Gasteiger partial charge >= 0.3 is 5.97 Å². The molecule has 1 aromatic rings. The third-order valence-electron chi connectivity index (χ3n) is 3.49. The van der Waals surface area contributed by atoms with Crippen LogP contribution in [-0.4, -0.2) is 19.1 Å². The third kappa shape index (κ3) is 6.72. The van der Waals surface area contributed by atoms with Crippen molar-refractivity contribution in [2.45, 2.75) is 32.2 Å². The molecule has 1 aromatic carbocycles. The molecule has 3 nitrogen and oxygen atoms in total. The van der Waals surface area contributed by atoms with Gasteiger partial charge < -0.3 is 10.1 Å². The molecule has 3 heteroatoms. The van der Waals surface area contributed by atoms with Gasteiger partial charge in [-0.1, -0.05) is 49.4 Å². The highest BCUT2D eigenvalue weighted by atomic mass is 16.5. The Morgan fingerprint density at radius 3 is 2.64 bits per heavy atom.